The minimum atomic E-state index is 0.132. The fourth-order valence-corrected chi connectivity index (χ4v) is 3.35. The molecule has 0 N–H and O–H groups in total. The Balaban J connectivity index is 1.82. The van der Waals surface area contributed by atoms with Gasteiger partial charge in [0.15, 0.2) is 0 Å². The molecule has 0 bridgehead atoms. The Labute approximate surface area is 109 Å². The fourth-order valence-electron chi connectivity index (χ4n) is 3.35. The van der Waals surface area contributed by atoms with Crippen LogP contribution in [0.3, 0.4) is 0 Å². The summed E-state index contributed by atoms with van der Waals surface area (Å²) in [7, 11) is 0. The Morgan fingerprint density at radius 3 is 2.67 bits per heavy atom. The number of carbonyl (C=O) groups excluding carboxylic acids is 1. The number of fused-ring (bicyclic) bond motifs is 1. The minimum absolute atomic E-state index is 0.132. The number of carbonyl (C=O) groups is 1. The summed E-state index contributed by atoms with van der Waals surface area (Å²) in [5, 5.41) is 0. The molecule has 1 saturated heterocycles. The van der Waals surface area contributed by atoms with Gasteiger partial charge in [-0.3, -0.25) is 4.79 Å². The molecule has 1 amide bonds. The van der Waals surface area contributed by atoms with Crippen molar-refractivity contribution in [2.75, 3.05) is 13.1 Å². The largest absolute Gasteiger partial charge is 0.342 e. The maximum absolute atomic E-state index is 12.6. The maximum atomic E-state index is 12.6. The smallest absolute Gasteiger partial charge is 0.230 e. The Hall–Kier alpha value is -1.31. The van der Waals surface area contributed by atoms with Crippen LogP contribution < -0.4 is 0 Å². The molecular weight excluding hydrogens is 222 g/mol. The van der Waals surface area contributed by atoms with Crippen molar-refractivity contribution in [3.63, 3.8) is 0 Å². The first-order valence-electron chi connectivity index (χ1n) is 7.23. The van der Waals surface area contributed by atoms with Gasteiger partial charge in [-0.1, -0.05) is 24.3 Å². The molecule has 1 fully saturated rings. The maximum Gasteiger partial charge on any atom is 0.230 e. The normalized spacial score (nSPS) is 23.6. The van der Waals surface area contributed by atoms with E-state index in [2.05, 4.69) is 29.2 Å². The van der Waals surface area contributed by atoms with Gasteiger partial charge in [-0.2, -0.15) is 0 Å². The summed E-state index contributed by atoms with van der Waals surface area (Å²) < 4.78 is 0. The van der Waals surface area contributed by atoms with E-state index in [4.69, 9.17) is 0 Å². The molecule has 2 aliphatic rings. The molecule has 1 atom stereocenters. The minimum Gasteiger partial charge on any atom is -0.342 e. The van der Waals surface area contributed by atoms with Crippen molar-refractivity contribution in [3.05, 3.63) is 35.4 Å². The van der Waals surface area contributed by atoms with Gasteiger partial charge in [-0.05, 0) is 49.7 Å². The average Bonchev–Trinajstić information content (AvgIpc) is 2.47. The van der Waals surface area contributed by atoms with Gasteiger partial charge in [0, 0.05) is 13.1 Å². The molecule has 1 heterocycles. The number of piperidine rings is 1. The number of likely N-dealkylation sites (tertiary alicyclic amines) is 1. The molecule has 96 valence electrons. The van der Waals surface area contributed by atoms with Gasteiger partial charge in [0.05, 0.1) is 5.92 Å². The van der Waals surface area contributed by atoms with Crippen LogP contribution in [0, 0.1) is 0 Å². The van der Waals surface area contributed by atoms with Crippen LogP contribution in [0.4, 0.5) is 0 Å². The van der Waals surface area contributed by atoms with Gasteiger partial charge in [-0.25, -0.2) is 0 Å². The van der Waals surface area contributed by atoms with Crippen LogP contribution in [0.25, 0.3) is 0 Å². The van der Waals surface area contributed by atoms with E-state index in [1.807, 2.05) is 0 Å². The Morgan fingerprint density at radius 2 is 1.83 bits per heavy atom. The van der Waals surface area contributed by atoms with E-state index in [1.165, 1.54) is 30.4 Å². The summed E-state index contributed by atoms with van der Waals surface area (Å²) in [6, 6.07) is 8.50. The second-order valence-corrected chi connectivity index (χ2v) is 5.53. The van der Waals surface area contributed by atoms with E-state index < -0.39 is 0 Å². The summed E-state index contributed by atoms with van der Waals surface area (Å²) in [4.78, 5) is 14.7. The number of nitrogens with zero attached hydrogens (tertiary/aromatic N) is 1. The van der Waals surface area contributed by atoms with Crippen molar-refractivity contribution in [1.82, 2.24) is 4.90 Å². The van der Waals surface area contributed by atoms with Gasteiger partial charge in [0.1, 0.15) is 0 Å². The van der Waals surface area contributed by atoms with Crippen LogP contribution >= 0.6 is 0 Å². The van der Waals surface area contributed by atoms with Crippen molar-refractivity contribution in [1.29, 1.82) is 0 Å². The predicted molar refractivity (Wildman–Crippen MR) is 72.6 cm³/mol. The van der Waals surface area contributed by atoms with Gasteiger partial charge < -0.3 is 4.90 Å². The lowest BCUT2D eigenvalue weighted by atomic mass is 9.82. The topological polar surface area (TPSA) is 20.3 Å². The highest BCUT2D eigenvalue weighted by atomic mass is 16.2. The molecule has 0 radical (unpaired) electrons. The molecule has 18 heavy (non-hydrogen) atoms. The zero-order chi connectivity index (χ0) is 12.4. The van der Waals surface area contributed by atoms with Crippen molar-refractivity contribution in [3.8, 4) is 0 Å². The monoisotopic (exact) mass is 243 g/mol. The number of amides is 1. The number of hydrogen-bond donors (Lipinski definition) is 0. The van der Waals surface area contributed by atoms with E-state index in [0.717, 1.165) is 32.4 Å². The molecule has 0 spiro atoms. The lowest BCUT2D eigenvalue weighted by Gasteiger charge is -2.33. The van der Waals surface area contributed by atoms with E-state index in [-0.39, 0.29) is 5.92 Å². The molecule has 1 aliphatic carbocycles. The molecule has 2 nitrogen and oxygen atoms in total. The predicted octanol–water partition coefficient (Wildman–Crippen LogP) is 3.12. The first kappa shape index (κ1) is 11.8. The Bertz CT molecular complexity index is 434. The van der Waals surface area contributed by atoms with Crippen molar-refractivity contribution in [2.24, 2.45) is 0 Å². The van der Waals surface area contributed by atoms with Crippen LogP contribution in [0.2, 0.25) is 0 Å². The third kappa shape index (κ3) is 2.16. The molecular formula is C16H21NO. The van der Waals surface area contributed by atoms with E-state index in [1.54, 1.807) is 0 Å². The van der Waals surface area contributed by atoms with Crippen LogP contribution in [-0.2, 0) is 11.2 Å². The second kappa shape index (κ2) is 5.13. The second-order valence-electron chi connectivity index (χ2n) is 5.53. The third-order valence-corrected chi connectivity index (χ3v) is 4.34. The first-order chi connectivity index (χ1) is 8.86. The number of aryl methyl sites for hydroxylation is 1. The Morgan fingerprint density at radius 1 is 1.06 bits per heavy atom. The van der Waals surface area contributed by atoms with Crippen LogP contribution in [0.5, 0.6) is 0 Å². The SMILES string of the molecule is O=C(C1CCCc2ccccc21)N1CCCCC1. The van der Waals surface area contributed by atoms with Crippen LogP contribution in [0.15, 0.2) is 24.3 Å². The highest BCUT2D eigenvalue weighted by Gasteiger charge is 2.30. The summed E-state index contributed by atoms with van der Waals surface area (Å²) in [6.45, 7) is 1.94. The standard InChI is InChI=1S/C16H21NO/c18-16(17-11-4-1-5-12-17)15-10-6-8-13-7-2-3-9-14(13)15/h2-3,7,9,15H,1,4-6,8,10-12H2. The van der Waals surface area contributed by atoms with Crippen LogP contribution in [-0.4, -0.2) is 23.9 Å². The quantitative estimate of drug-likeness (QED) is 0.742. The fraction of sp³-hybridized carbons (Fsp3) is 0.562. The number of benzene rings is 1. The molecule has 1 aromatic rings. The molecule has 1 aromatic carbocycles. The average molecular weight is 243 g/mol. The first-order valence-corrected chi connectivity index (χ1v) is 7.23. The summed E-state index contributed by atoms with van der Waals surface area (Å²) in [5.74, 6) is 0.509. The van der Waals surface area contributed by atoms with E-state index in [9.17, 15) is 4.79 Å². The molecule has 2 heteroatoms. The summed E-state index contributed by atoms with van der Waals surface area (Å²) in [6.07, 6.45) is 6.97. The third-order valence-electron chi connectivity index (χ3n) is 4.34. The number of rotatable bonds is 1. The summed E-state index contributed by atoms with van der Waals surface area (Å²) in [5.41, 5.74) is 2.68. The molecule has 1 aliphatic heterocycles. The van der Waals surface area contributed by atoms with Gasteiger partial charge in [-0.15, -0.1) is 0 Å². The van der Waals surface area contributed by atoms with Crippen molar-refractivity contribution in [2.45, 2.75) is 44.4 Å². The molecule has 3 rings (SSSR count). The van der Waals surface area contributed by atoms with Crippen molar-refractivity contribution < 1.29 is 4.79 Å². The Kier molecular flexibility index (Phi) is 3.35. The van der Waals surface area contributed by atoms with Crippen LogP contribution in [0.1, 0.15) is 49.1 Å². The zero-order valence-electron chi connectivity index (χ0n) is 10.9. The van der Waals surface area contributed by atoms with Gasteiger partial charge in [0.25, 0.3) is 0 Å². The van der Waals surface area contributed by atoms with E-state index >= 15 is 0 Å². The van der Waals surface area contributed by atoms with E-state index in [0.29, 0.717) is 5.91 Å². The lowest BCUT2D eigenvalue weighted by Crippen LogP contribution is -2.39. The van der Waals surface area contributed by atoms with Crippen molar-refractivity contribution >= 4 is 5.91 Å². The van der Waals surface area contributed by atoms with Gasteiger partial charge >= 0.3 is 0 Å². The molecule has 0 saturated carbocycles. The lowest BCUT2D eigenvalue weighted by molar-refractivity contribution is -0.134. The summed E-state index contributed by atoms with van der Waals surface area (Å²) >= 11 is 0. The highest BCUT2D eigenvalue weighted by molar-refractivity contribution is 5.84. The zero-order valence-corrected chi connectivity index (χ0v) is 10.9. The van der Waals surface area contributed by atoms with Gasteiger partial charge in [0.2, 0.25) is 5.91 Å². The highest BCUT2D eigenvalue weighted by Crippen LogP contribution is 2.33. The number of hydrogen-bond acceptors (Lipinski definition) is 1. The molecule has 1 unspecified atom stereocenters. The molecule has 0 aromatic heterocycles.